The lowest BCUT2D eigenvalue weighted by molar-refractivity contribution is -0.278. The third-order valence-corrected chi connectivity index (χ3v) is 13.7. The van der Waals surface area contributed by atoms with Gasteiger partial charge >= 0.3 is 23.9 Å². The Morgan fingerprint density at radius 2 is 0.721 bits per heavy atom. The summed E-state index contributed by atoms with van der Waals surface area (Å²) in [6, 6.07) is 0. The van der Waals surface area contributed by atoms with E-state index < -0.39 is 117 Å². The van der Waals surface area contributed by atoms with Crippen LogP contribution in [0.5, 0.6) is 0 Å². The lowest BCUT2D eigenvalue weighted by Crippen LogP contribution is -2.62. The molecule has 4 fully saturated rings. The Bertz CT molecular complexity index is 1550. The van der Waals surface area contributed by atoms with Crippen LogP contribution in [0.2, 0.25) is 0 Å². The van der Waals surface area contributed by atoms with Gasteiger partial charge in [0.1, 0.15) is 24.4 Å². The molecular weight excluding hydrogens is 789 g/mol. The normalized spacial score (nSPS) is 28.0. The van der Waals surface area contributed by atoms with Crippen molar-refractivity contribution in [2.75, 3.05) is 7.11 Å². The molecule has 0 amide bonds. The maximum absolute atomic E-state index is 14.8. The molecule has 5 N–H and O–H groups in total. The molecule has 0 aromatic rings. The molecule has 352 valence electrons. The van der Waals surface area contributed by atoms with Crippen LogP contribution in [0.15, 0.2) is 0 Å². The Morgan fingerprint density at radius 1 is 0.475 bits per heavy atom. The number of piperidine rings is 4. The molecule has 0 aliphatic carbocycles. The Balaban J connectivity index is 1.73. The standard InChI is InChI=1S/C45H80N4O12/c1-38(2)20-28(21-39(3,4)46(38)54)58-34(50)18-32(36(52)60-30-24-42(9,10)48(56)43(11,12)25-30)33(19-35(51)59-29-22-40(5,6)47(55)41(7,8)23-29)37(53)61-31-26-44(13,14)49(57-17)45(15,16)27-31/h28-33,54-56H,18-27H2,1-17H3/p+2. The van der Waals surface area contributed by atoms with Crippen molar-refractivity contribution in [1.82, 2.24) is 20.3 Å². The van der Waals surface area contributed by atoms with Crippen molar-refractivity contribution < 1.29 is 58.6 Å². The summed E-state index contributed by atoms with van der Waals surface area (Å²) < 4.78 is 24.7. The fourth-order valence-corrected chi connectivity index (χ4v) is 11.7. The molecule has 4 aliphatic rings. The van der Waals surface area contributed by atoms with Crippen LogP contribution in [0.25, 0.3) is 0 Å². The molecule has 2 unspecified atom stereocenters. The number of hydrogen-bond donors (Lipinski definition) is 1. The van der Waals surface area contributed by atoms with Crippen molar-refractivity contribution >= 4 is 23.9 Å². The summed E-state index contributed by atoms with van der Waals surface area (Å²) >= 11 is 0. The van der Waals surface area contributed by atoms with Crippen LogP contribution in [0.1, 0.15) is 175 Å². The average Bonchev–Trinajstić information content (AvgIpc) is 3.04. The number of carbonyl (C=O) groups excluding carboxylic acids is 4. The number of esters is 4. The van der Waals surface area contributed by atoms with Crippen LogP contribution in [-0.4, -0.2) is 136 Å². The van der Waals surface area contributed by atoms with Gasteiger partial charge in [0.2, 0.25) is 0 Å². The Labute approximate surface area is 364 Å². The third kappa shape index (κ3) is 11.6. The predicted molar refractivity (Wildman–Crippen MR) is 229 cm³/mol. The molecule has 0 aromatic heterocycles. The van der Waals surface area contributed by atoms with E-state index in [0.29, 0.717) is 51.4 Å². The van der Waals surface area contributed by atoms with Gasteiger partial charge in [-0.05, 0) is 111 Å². The molecule has 2 atom stereocenters. The van der Waals surface area contributed by atoms with Crippen molar-refractivity contribution in [2.24, 2.45) is 11.8 Å². The molecule has 16 heteroatoms. The Kier molecular flexibility index (Phi) is 14.7. The highest BCUT2D eigenvalue weighted by molar-refractivity contribution is 5.88. The predicted octanol–water partition coefficient (Wildman–Crippen LogP) is 5.49. The molecule has 0 spiro atoms. The van der Waals surface area contributed by atoms with Crippen molar-refractivity contribution in [3.63, 3.8) is 0 Å². The highest BCUT2D eigenvalue weighted by Crippen LogP contribution is 2.43. The van der Waals surface area contributed by atoms with E-state index in [9.17, 15) is 24.4 Å². The van der Waals surface area contributed by atoms with Crippen molar-refractivity contribution in [3.8, 4) is 0 Å². The van der Waals surface area contributed by atoms with Gasteiger partial charge in [0.25, 0.3) is 0 Å². The van der Waals surface area contributed by atoms with Crippen LogP contribution in [0.3, 0.4) is 0 Å². The largest absolute Gasteiger partial charge is 0.462 e. The molecule has 61 heavy (non-hydrogen) atoms. The zero-order valence-electron chi connectivity index (χ0n) is 40.4. The van der Waals surface area contributed by atoms with E-state index >= 15 is 0 Å². The van der Waals surface area contributed by atoms with Gasteiger partial charge < -0.3 is 39.4 Å². The van der Waals surface area contributed by atoms with E-state index in [1.54, 1.807) is 7.11 Å². The zero-order chi connectivity index (χ0) is 46.7. The summed E-state index contributed by atoms with van der Waals surface area (Å²) in [4.78, 5) is 63.7. The SMILES string of the molecule is CON1C(C)(C)CC(OC(=O)C(CC(=O)OC2CC(C)(C)N([OH2+])C(C)(C)C2)C(CC(=O)OC2CC(C)(C)N(O)C(C)(C)C2)C(=O)OC2CC(C)(C)N([OH2+])C(C)(C)C2)CC1(C)C. The molecule has 4 heterocycles. The zero-order valence-corrected chi connectivity index (χ0v) is 40.4. The first kappa shape index (κ1) is 51.2. The van der Waals surface area contributed by atoms with E-state index in [2.05, 4.69) is 0 Å². The van der Waals surface area contributed by atoms with Crippen molar-refractivity contribution in [1.29, 1.82) is 0 Å². The lowest BCUT2D eigenvalue weighted by atomic mass is 9.79. The van der Waals surface area contributed by atoms with E-state index in [-0.39, 0.29) is 0 Å². The van der Waals surface area contributed by atoms with Gasteiger partial charge in [0.15, 0.2) is 0 Å². The number of ether oxygens (including phenoxy) is 4. The summed E-state index contributed by atoms with van der Waals surface area (Å²) in [7, 11) is 1.61. The lowest BCUT2D eigenvalue weighted by Gasteiger charge is -2.52. The minimum absolute atomic E-state index is 0.316. The van der Waals surface area contributed by atoms with Crippen LogP contribution < -0.4 is 0 Å². The maximum atomic E-state index is 14.8. The van der Waals surface area contributed by atoms with Gasteiger partial charge in [-0.15, -0.1) is 0 Å². The van der Waals surface area contributed by atoms with Gasteiger partial charge in [-0.2, -0.15) is 10.1 Å². The number of nitrogens with zero attached hydrogens (tertiary/aromatic N) is 4. The van der Waals surface area contributed by atoms with Gasteiger partial charge in [-0.25, -0.2) is 0 Å². The highest BCUT2D eigenvalue weighted by Gasteiger charge is 2.54. The summed E-state index contributed by atoms with van der Waals surface area (Å²) in [6.07, 6.45) is -0.781. The quantitative estimate of drug-likeness (QED) is 0.147. The highest BCUT2D eigenvalue weighted by atomic mass is 16.7. The maximum Gasteiger partial charge on any atom is 0.310 e. The van der Waals surface area contributed by atoms with Crippen LogP contribution in [-0.2, 0) is 43.0 Å². The van der Waals surface area contributed by atoms with Crippen molar-refractivity contribution in [3.05, 3.63) is 0 Å². The molecule has 16 nitrogen and oxygen atoms in total. The summed E-state index contributed by atoms with van der Waals surface area (Å²) in [6.45, 7) is 30.6. The minimum Gasteiger partial charge on any atom is -0.462 e. The summed E-state index contributed by atoms with van der Waals surface area (Å²) in [5.41, 5.74) is -5.15. The molecular formula is C45H82N4O12+2. The van der Waals surface area contributed by atoms with Gasteiger partial charge in [0.05, 0.1) is 53.9 Å². The Hall–Kier alpha value is -2.44. The summed E-state index contributed by atoms with van der Waals surface area (Å²) in [5.74, 6) is -6.13. The van der Waals surface area contributed by atoms with Crippen LogP contribution >= 0.6 is 0 Å². The number of carbonyl (C=O) groups is 4. The van der Waals surface area contributed by atoms with Gasteiger partial charge in [-0.3, -0.25) is 19.2 Å². The van der Waals surface area contributed by atoms with Crippen LogP contribution in [0, 0.1) is 11.8 Å². The first-order valence-electron chi connectivity index (χ1n) is 22.1. The van der Waals surface area contributed by atoms with E-state index in [1.807, 2.05) is 116 Å². The molecule has 4 aliphatic heterocycles. The fourth-order valence-electron chi connectivity index (χ4n) is 11.7. The second-order valence-corrected chi connectivity index (χ2v) is 23.6. The molecule has 0 bridgehead atoms. The second-order valence-electron chi connectivity index (χ2n) is 23.6. The molecule has 0 radical (unpaired) electrons. The van der Waals surface area contributed by atoms with E-state index in [0.717, 1.165) is 0 Å². The third-order valence-electron chi connectivity index (χ3n) is 13.7. The van der Waals surface area contributed by atoms with Gasteiger partial charge in [-0.1, -0.05) is 10.1 Å². The average molecular weight is 871 g/mol. The molecule has 0 aromatic carbocycles. The topological polar surface area (TPSA) is 193 Å². The minimum atomic E-state index is -1.49. The first-order valence-corrected chi connectivity index (χ1v) is 22.1. The van der Waals surface area contributed by atoms with E-state index in [1.165, 1.54) is 15.2 Å². The first-order chi connectivity index (χ1) is 27.5. The van der Waals surface area contributed by atoms with E-state index in [4.69, 9.17) is 34.2 Å². The number of hydrogen-bond acceptors (Lipinski definition) is 14. The van der Waals surface area contributed by atoms with Crippen LogP contribution in [0.4, 0.5) is 0 Å². The molecule has 4 saturated heterocycles. The molecule has 4 rings (SSSR count). The van der Waals surface area contributed by atoms with Gasteiger partial charge in [0, 0.05) is 73.5 Å². The van der Waals surface area contributed by atoms with Crippen molar-refractivity contribution in [2.45, 2.75) is 244 Å². The fraction of sp³-hybridized carbons (Fsp3) is 0.911. The second kappa shape index (κ2) is 17.5. The number of rotatable bonds is 12. The summed E-state index contributed by atoms with van der Waals surface area (Å²) in [5, 5.41) is 34.6. The molecule has 0 saturated carbocycles. The Morgan fingerprint density at radius 3 is 1.00 bits per heavy atom. The number of hydroxylamine groups is 8. The smallest absolute Gasteiger partial charge is 0.310 e. The monoisotopic (exact) mass is 871 g/mol.